The van der Waals surface area contributed by atoms with E-state index in [0.717, 1.165) is 6.54 Å². The Balaban J connectivity index is 2.35. The molecule has 9 heavy (non-hydrogen) atoms. The first-order valence-electron chi connectivity index (χ1n) is 3.21. The summed E-state index contributed by atoms with van der Waals surface area (Å²) >= 11 is 5.55. The third-order valence-corrected chi connectivity index (χ3v) is 2.03. The van der Waals surface area contributed by atoms with Gasteiger partial charge in [0.2, 0.25) is 0 Å². The third-order valence-electron chi connectivity index (χ3n) is 1.61. The number of rotatable bonds is 0. The van der Waals surface area contributed by atoms with E-state index in [2.05, 4.69) is 5.32 Å². The lowest BCUT2D eigenvalue weighted by Crippen LogP contribution is -2.42. The second-order valence-electron chi connectivity index (χ2n) is 2.67. The van der Waals surface area contributed by atoms with E-state index in [-0.39, 0.29) is 0 Å². The highest BCUT2D eigenvalue weighted by Crippen LogP contribution is 2.19. The van der Waals surface area contributed by atoms with Crippen molar-refractivity contribution in [1.29, 1.82) is 0 Å². The largest absolute Gasteiger partial charge is 0.299 e. The van der Waals surface area contributed by atoms with Crippen LogP contribution in [0, 0.1) is 5.92 Å². The molecule has 3 heteroatoms. The van der Waals surface area contributed by atoms with Crippen molar-refractivity contribution < 1.29 is 4.39 Å². The molecule has 0 bridgehead atoms. The summed E-state index contributed by atoms with van der Waals surface area (Å²) < 4.78 is 12.6. The van der Waals surface area contributed by atoms with E-state index in [9.17, 15) is 4.39 Å². The molecular weight excluding hydrogens is 141 g/mol. The van der Waals surface area contributed by atoms with Crippen LogP contribution in [0.3, 0.4) is 0 Å². The van der Waals surface area contributed by atoms with Crippen molar-refractivity contribution >= 4 is 11.6 Å². The highest BCUT2D eigenvalue weighted by molar-refractivity contribution is 6.20. The second-order valence-corrected chi connectivity index (χ2v) is 3.14. The normalized spacial score (nSPS) is 45.0. The summed E-state index contributed by atoms with van der Waals surface area (Å²) in [6.45, 7) is 2.86. The van der Waals surface area contributed by atoms with Crippen LogP contribution in [0.4, 0.5) is 4.39 Å². The Bertz CT molecular complexity index is 99.1. The van der Waals surface area contributed by atoms with E-state index in [4.69, 9.17) is 11.6 Å². The van der Waals surface area contributed by atoms with E-state index in [1.54, 1.807) is 0 Å². The number of alkyl halides is 2. The van der Waals surface area contributed by atoms with Gasteiger partial charge in [-0.05, 0) is 18.9 Å². The summed E-state index contributed by atoms with van der Waals surface area (Å²) in [6.07, 6.45) is -0.267. The van der Waals surface area contributed by atoms with Crippen molar-refractivity contribution in [1.82, 2.24) is 5.32 Å². The first kappa shape index (κ1) is 7.29. The summed E-state index contributed by atoms with van der Waals surface area (Å²) in [5.41, 5.74) is -0.457. The average molecular weight is 152 g/mol. The molecule has 0 aliphatic carbocycles. The first-order chi connectivity index (χ1) is 4.20. The maximum atomic E-state index is 12.6. The molecule has 1 fully saturated rings. The van der Waals surface area contributed by atoms with Gasteiger partial charge in [0.15, 0.2) is 0 Å². The van der Waals surface area contributed by atoms with E-state index in [0.29, 0.717) is 12.3 Å². The highest BCUT2D eigenvalue weighted by atomic mass is 35.5. The van der Waals surface area contributed by atoms with Crippen LogP contribution in [0.15, 0.2) is 0 Å². The second kappa shape index (κ2) is 2.84. The van der Waals surface area contributed by atoms with Crippen molar-refractivity contribution in [3.05, 3.63) is 0 Å². The zero-order valence-corrected chi connectivity index (χ0v) is 6.16. The van der Waals surface area contributed by atoms with Gasteiger partial charge in [0.05, 0.1) is 0 Å². The molecule has 1 heterocycles. The van der Waals surface area contributed by atoms with E-state index < -0.39 is 11.7 Å². The summed E-state index contributed by atoms with van der Waals surface area (Å²) in [7, 11) is 0. The molecule has 0 aromatic carbocycles. The number of nitrogens with one attached hydrogen (secondary N) is 1. The molecule has 1 saturated heterocycles. The van der Waals surface area contributed by atoms with Crippen LogP contribution in [-0.4, -0.2) is 18.2 Å². The lowest BCUT2D eigenvalue weighted by Gasteiger charge is -2.26. The molecule has 1 aliphatic rings. The molecule has 3 unspecified atom stereocenters. The van der Waals surface area contributed by atoms with Gasteiger partial charge in [0, 0.05) is 0 Å². The van der Waals surface area contributed by atoms with Gasteiger partial charge in [-0.2, -0.15) is 0 Å². The van der Waals surface area contributed by atoms with Crippen LogP contribution in [0.1, 0.15) is 13.3 Å². The Labute approximate surface area is 59.6 Å². The number of hydrogen-bond donors (Lipinski definition) is 1. The fourth-order valence-corrected chi connectivity index (χ4v) is 1.22. The van der Waals surface area contributed by atoms with Gasteiger partial charge < -0.3 is 0 Å². The van der Waals surface area contributed by atoms with Crippen LogP contribution >= 0.6 is 11.6 Å². The monoisotopic (exact) mass is 151 g/mol. The van der Waals surface area contributed by atoms with Crippen molar-refractivity contribution in [2.75, 3.05) is 6.54 Å². The van der Waals surface area contributed by atoms with Crippen molar-refractivity contribution in [2.45, 2.75) is 25.0 Å². The minimum Gasteiger partial charge on any atom is -0.299 e. The van der Waals surface area contributed by atoms with Gasteiger partial charge in [-0.3, -0.25) is 5.32 Å². The average Bonchev–Trinajstić information content (AvgIpc) is 1.80. The zero-order chi connectivity index (χ0) is 6.85. The number of hydrogen-bond acceptors (Lipinski definition) is 1. The van der Waals surface area contributed by atoms with Crippen LogP contribution in [0.5, 0.6) is 0 Å². The molecule has 1 N–H and O–H groups in total. The third kappa shape index (κ3) is 1.80. The van der Waals surface area contributed by atoms with Gasteiger partial charge >= 0.3 is 0 Å². The molecule has 3 atom stereocenters. The molecule has 0 spiro atoms. The lowest BCUT2D eigenvalue weighted by molar-refractivity contribution is 0.205. The van der Waals surface area contributed by atoms with Crippen molar-refractivity contribution in [2.24, 2.45) is 5.92 Å². The van der Waals surface area contributed by atoms with Gasteiger partial charge in [0.1, 0.15) is 11.7 Å². The molecule has 0 saturated carbocycles. The lowest BCUT2D eigenvalue weighted by atomic mass is 10.0. The summed E-state index contributed by atoms with van der Waals surface area (Å²) in [4.78, 5) is 0. The molecule has 1 nitrogen and oxygen atoms in total. The minimum absolute atomic E-state index is 0.426. The summed E-state index contributed by atoms with van der Waals surface area (Å²) in [5, 5.41) is 2.87. The number of halogens is 2. The maximum absolute atomic E-state index is 12.6. The molecule has 54 valence electrons. The van der Waals surface area contributed by atoms with Gasteiger partial charge in [-0.25, -0.2) is 4.39 Å². The van der Waals surface area contributed by atoms with Crippen LogP contribution < -0.4 is 5.32 Å². The highest BCUT2D eigenvalue weighted by Gasteiger charge is 2.25. The van der Waals surface area contributed by atoms with Gasteiger partial charge in [-0.15, -0.1) is 11.6 Å². The quantitative estimate of drug-likeness (QED) is 0.409. The summed E-state index contributed by atoms with van der Waals surface area (Å²) in [5.74, 6) is 0.426. The van der Waals surface area contributed by atoms with Crippen LogP contribution in [0.25, 0.3) is 0 Å². The molecule has 1 aliphatic heterocycles. The predicted octanol–water partition coefficient (Wildman–Crippen LogP) is 1.52. The van der Waals surface area contributed by atoms with Crippen molar-refractivity contribution in [3.63, 3.8) is 0 Å². The molecule has 0 aromatic heterocycles. The molecule has 0 radical (unpaired) electrons. The Morgan fingerprint density at radius 2 is 2.33 bits per heavy atom. The Kier molecular flexibility index (Phi) is 2.30. The smallest absolute Gasteiger partial charge is 0.130 e. The van der Waals surface area contributed by atoms with E-state index >= 15 is 0 Å². The Morgan fingerprint density at radius 3 is 2.78 bits per heavy atom. The molecule has 0 amide bonds. The maximum Gasteiger partial charge on any atom is 0.130 e. The molecule has 1 rings (SSSR count). The SMILES string of the molecule is CC1CNC(Cl)C(F)C1. The fourth-order valence-electron chi connectivity index (χ4n) is 1.03. The van der Waals surface area contributed by atoms with Crippen LogP contribution in [0.2, 0.25) is 0 Å². The zero-order valence-electron chi connectivity index (χ0n) is 5.40. The number of piperidine rings is 1. The van der Waals surface area contributed by atoms with Crippen molar-refractivity contribution in [3.8, 4) is 0 Å². The fraction of sp³-hybridized carbons (Fsp3) is 1.00. The van der Waals surface area contributed by atoms with Crippen LogP contribution in [-0.2, 0) is 0 Å². The summed E-state index contributed by atoms with van der Waals surface area (Å²) in [6, 6.07) is 0. The van der Waals surface area contributed by atoms with Gasteiger partial charge in [-0.1, -0.05) is 6.92 Å². The minimum atomic E-state index is -0.865. The Morgan fingerprint density at radius 1 is 1.67 bits per heavy atom. The van der Waals surface area contributed by atoms with E-state index in [1.165, 1.54) is 0 Å². The van der Waals surface area contributed by atoms with E-state index in [1.807, 2.05) is 6.92 Å². The molecular formula is C6H11ClFN. The predicted molar refractivity (Wildman–Crippen MR) is 36.3 cm³/mol. The van der Waals surface area contributed by atoms with Gasteiger partial charge in [0.25, 0.3) is 0 Å². The standard InChI is InChI=1S/C6H11ClFN/c1-4-2-5(8)6(7)9-3-4/h4-6,9H,2-3H2,1H3. The first-order valence-corrected chi connectivity index (χ1v) is 3.65. The Hall–Kier alpha value is 0.180. The topological polar surface area (TPSA) is 12.0 Å². The molecule has 0 aromatic rings.